The van der Waals surface area contributed by atoms with Gasteiger partial charge < -0.3 is 0 Å². The number of nitrogens with zero attached hydrogens (tertiary/aromatic N) is 3. The fourth-order valence-corrected chi connectivity index (χ4v) is 2.63. The van der Waals surface area contributed by atoms with E-state index in [1.807, 2.05) is 39.0 Å². The van der Waals surface area contributed by atoms with Gasteiger partial charge >= 0.3 is 0 Å². The van der Waals surface area contributed by atoms with Crippen LogP contribution in [-0.4, -0.2) is 15.0 Å². The number of pyridine rings is 1. The minimum Gasteiger partial charge on any atom is -0.234 e. The molecule has 2 heterocycles. The number of rotatable bonds is 2. The highest BCUT2D eigenvalue weighted by molar-refractivity contribution is 9.10. The minimum absolute atomic E-state index is 0.746. The van der Waals surface area contributed by atoms with Crippen LogP contribution in [0.15, 0.2) is 33.0 Å². The third-order valence-electron chi connectivity index (χ3n) is 2.50. The molecular formula is C12H12BrN3S. The Morgan fingerprint density at radius 3 is 2.24 bits per heavy atom. The number of hydrogen-bond acceptors (Lipinski definition) is 4. The fourth-order valence-electron chi connectivity index (χ4n) is 1.33. The first-order valence-corrected chi connectivity index (χ1v) is 6.79. The van der Waals surface area contributed by atoms with Crippen molar-refractivity contribution in [1.82, 2.24) is 15.0 Å². The van der Waals surface area contributed by atoms with Gasteiger partial charge in [0, 0.05) is 11.4 Å². The summed E-state index contributed by atoms with van der Waals surface area (Å²) in [6.45, 7) is 6.04. The molecule has 0 saturated heterocycles. The molecule has 2 aromatic heterocycles. The summed E-state index contributed by atoms with van der Waals surface area (Å²) in [5.41, 5.74) is 3.20. The van der Waals surface area contributed by atoms with Crippen molar-refractivity contribution < 1.29 is 0 Å². The molecular weight excluding hydrogens is 298 g/mol. The van der Waals surface area contributed by atoms with Gasteiger partial charge in [-0.25, -0.2) is 15.0 Å². The monoisotopic (exact) mass is 309 g/mol. The zero-order valence-electron chi connectivity index (χ0n) is 9.86. The van der Waals surface area contributed by atoms with E-state index in [0.29, 0.717) is 0 Å². The lowest BCUT2D eigenvalue weighted by Crippen LogP contribution is -1.98. The predicted octanol–water partition coefficient (Wildman–Crippen LogP) is 3.71. The average molecular weight is 310 g/mol. The molecule has 0 fully saturated rings. The van der Waals surface area contributed by atoms with Crippen molar-refractivity contribution in [3.63, 3.8) is 0 Å². The van der Waals surface area contributed by atoms with Crippen molar-refractivity contribution in [1.29, 1.82) is 0 Å². The van der Waals surface area contributed by atoms with Crippen LogP contribution < -0.4 is 0 Å². The molecule has 5 heteroatoms. The van der Waals surface area contributed by atoms with E-state index in [9.17, 15) is 0 Å². The smallest absolute Gasteiger partial charge is 0.194 e. The highest BCUT2D eigenvalue weighted by atomic mass is 79.9. The van der Waals surface area contributed by atoms with E-state index < -0.39 is 0 Å². The second-order valence-corrected chi connectivity index (χ2v) is 5.50. The Hall–Kier alpha value is -0.940. The van der Waals surface area contributed by atoms with Crippen molar-refractivity contribution in [3.8, 4) is 0 Å². The highest BCUT2D eigenvalue weighted by Gasteiger charge is 2.07. The van der Waals surface area contributed by atoms with E-state index in [1.54, 1.807) is 0 Å². The Bertz CT molecular complexity index is 534. The SMILES string of the molecule is Cc1nc(Sc2cccc(Br)n2)nc(C)c1C. The first-order valence-electron chi connectivity index (χ1n) is 5.18. The molecule has 2 aromatic rings. The van der Waals surface area contributed by atoms with Gasteiger partial charge in [-0.3, -0.25) is 0 Å². The van der Waals surface area contributed by atoms with Crippen LogP contribution in [0.25, 0.3) is 0 Å². The summed E-state index contributed by atoms with van der Waals surface area (Å²) in [4.78, 5) is 13.3. The fraction of sp³-hybridized carbons (Fsp3) is 0.250. The zero-order chi connectivity index (χ0) is 12.4. The molecule has 0 aromatic carbocycles. The summed E-state index contributed by atoms with van der Waals surface area (Å²) in [6.07, 6.45) is 0. The molecule has 0 aliphatic carbocycles. The van der Waals surface area contributed by atoms with Crippen LogP contribution in [0.2, 0.25) is 0 Å². The van der Waals surface area contributed by atoms with Gasteiger partial charge in [0.1, 0.15) is 9.63 Å². The normalized spacial score (nSPS) is 10.6. The first kappa shape index (κ1) is 12.5. The largest absolute Gasteiger partial charge is 0.234 e. The summed E-state index contributed by atoms with van der Waals surface area (Å²) >= 11 is 4.83. The van der Waals surface area contributed by atoms with Crippen LogP contribution in [0.3, 0.4) is 0 Å². The molecule has 0 N–H and O–H groups in total. The topological polar surface area (TPSA) is 38.7 Å². The molecule has 0 saturated carbocycles. The lowest BCUT2D eigenvalue weighted by Gasteiger charge is -2.06. The Morgan fingerprint density at radius 2 is 1.65 bits per heavy atom. The average Bonchev–Trinajstić information content (AvgIpc) is 2.26. The van der Waals surface area contributed by atoms with Crippen molar-refractivity contribution in [2.24, 2.45) is 0 Å². The van der Waals surface area contributed by atoms with Crippen molar-refractivity contribution in [2.75, 3.05) is 0 Å². The molecule has 0 atom stereocenters. The first-order chi connectivity index (χ1) is 8.06. The summed E-state index contributed by atoms with van der Waals surface area (Å²) in [6, 6.07) is 5.80. The molecule has 0 aliphatic heterocycles. The third-order valence-corrected chi connectivity index (χ3v) is 3.74. The summed E-state index contributed by atoms with van der Waals surface area (Å²) in [5.74, 6) is 0. The molecule has 17 heavy (non-hydrogen) atoms. The van der Waals surface area contributed by atoms with Crippen LogP contribution in [0.1, 0.15) is 17.0 Å². The zero-order valence-corrected chi connectivity index (χ0v) is 12.3. The quantitative estimate of drug-likeness (QED) is 0.626. The maximum atomic E-state index is 4.46. The van der Waals surface area contributed by atoms with Gasteiger partial charge in [0.25, 0.3) is 0 Å². The lowest BCUT2D eigenvalue weighted by atomic mass is 10.2. The molecule has 0 amide bonds. The Morgan fingerprint density at radius 1 is 1.00 bits per heavy atom. The standard InChI is InChI=1S/C12H12BrN3S/c1-7-8(2)14-12(15-9(7)3)17-11-6-4-5-10(13)16-11/h4-6H,1-3H3. The maximum Gasteiger partial charge on any atom is 0.194 e. The molecule has 88 valence electrons. The summed E-state index contributed by atoms with van der Waals surface area (Å²) in [5, 5.41) is 1.64. The highest BCUT2D eigenvalue weighted by Crippen LogP contribution is 2.25. The lowest BCUT2D eigenvalue weighted by molar-refractivity contribution is 0.878. The van der Waals surface area contributed by atoms with Gasteiger partial charge in [-0.1, -0.05) is 6.07 Å². The molecule has 0 spiro atoms. The maximum absolute atomic E-state index is 4.46. The van der Waals surface area contributed by atoms with Gasteiger partial charge in [-0.05, 0) is 66.2 Å². The second-order valence-electron chi connectivity index (χ2n) is 3.70. The van der Waals surface area contributed by atoms with E-state index in [-0.39, 0.29) is 0 Å². The van der Waals surface area contributed by atoms with Crippen LogP contribution >= 0.6 is 27.7 Å². The molecule has 0 unspecified atom stereocenters. The molecule has 0 aliphatic rings. The van der Waals surface area contributed by atoms with E-state index in [2.05, 4.69) is 30.9 Å². The van der Waals surface area contributed by atoms with Crippen LogP contribution in [0.5, 0.6) is 0 Å². The number of aryl methyl sites for hydroxylation is 2. The van der Waals surface area contributed by atoms with Crippen LogP contribution in [0.4, 0.5) is 0 Å². The van der Waals surface area contributed by atoms with Crippen molar-refractivity contribution >= 4 is 27.7 Å². The van der Waals surface area contributed by atoms with Gasteiger partial charge in [-0.15, -0.1) is 0 Å². The van der Waals surface area contributed by atoms with E-state index in [1.165, 1.54) is 11.8 Å². The van der Waals surface area contributed by atoms with E-state index in [4.69, 9.17) is 0 Å². The minimum atomic E-state index is 0.746. The third kappa shape index (κ3) is 3.04. The molecule has 2 rings (SSSR count). The van der Waals surface area contributed by atoms with Crippen molar-refractivity contribution in [2.45, 2.75) is 31.0 Å². The number of aromatic nitrogens is 3. The van der Waals surface area contributed by atoms with Gasteiger partial charge in [0.2, 0.25) is 0 Å². The molecule has 0 bridgehead atoms. The van der Waals surface area contributed by atoms with Crippen LogP contribution in [0, 0.1) is 20.8 Å². The summed E-state index contributed by atoms with van der Waals surface area (Å²) < 4.78 is 0.822. The number of halogens is 1. The van der Waals surface area contributed by atoms with E-state index >= 15 is 0 Å². The second kappa shape index (κ2) is 5.14. The Kier molecular flexibility index (Phi) is 3.79. The van der Waals surface area contributed by atoms with Crippen LogP contribution in [-0.2, 0) is 0 Å². The van der Waals surface area contributed by atoms with Gasteiger partial charge in [0.15, 0.2) is 5.16 Å². The number of hydrogen-bond donors (Lipinski definition) is 0. The summed E-state index contributed by atoms with van der Waals surface area (Å²) in [7, 11) is 0. The molecule has 0 radical (unpaired) electrons. The Balaban J connectivity index is 2.31. The Labute approximate surface area is 113 Å². The van der Waals surface area contributed by atoms with Crippen molar-refractivity contribution in [3.05, 3.63) is 39.8 Å². The van der Waals surface area contributed by atoms with E-state index in [0.717, 1.165) is 31.7 Å². The predicted molar refractivity (Wildman–Crippen MR) is 72.3 cm³/mol. The van der Waals surface area contributed by atoms with Gasteiger partial charge in [0.05, 0.1) is 0 Å². The molecule has 3 nitrogen and oxygen atoms in total. The van der Waals surface area contributed by atoms with Gasteiger partial charge in [-0.2, -0.15) is 0 Å².